The van der Waals surface area contributed by atoms with E-state index in [1.54, 1.807) is 6.92 Å². The van der Waals surface area contributed by atoms with Gasteiger partial charge in [0.1, 0.15) is 5.82 Å². The molecule has 1 aromatic carbocycles. The zero-order chi connectivity index (χ0) is 14.5. The highest BCUT2D eigenvalue weighted by Crippen LogP contribution is 2.40. The summed E-state index contributed by atoms with van der Waals surface area (Å²) < 4.78 is 39.8. The SMILES string of the molecule is Cc1cc(F)ccc1S(=O)(=O)N1CC2CCC(O)C2C1. The molecule has 3 atom stereocenters. The van der Waals surface area contributed by atoms with Gasteiger partial charge in [-0.25, -0.2) is 12.8 Å². The Balaban J connectivity index is 1.90. The number of fused-ring (bicyclic) bond motifs is 1. The summed E-state index contributed by atoms with van der Waals surface area (Å²) in [5.41, 5.74) is 0.419. The minimum Gasteiger partial charge on any atom is -0.393 e. The van der Waals surface area contributed by atoms with E-state index in [9.17, 15) is 17.9 Å². The van der Waals surface area contributed by atoms with Crippen LogP contribution >= 0.6 is 0 Å². The quantitative estimate of drug-likeness (QED) is 0.901. The number of rotatable bonds is 2. The summed E-state index contributed by atoms with van der Waals surface area (Å²) in [6, 6.07) is 3.73. The Labute approximate surface area is 118 Å². The summed E-state index contributed by atoms with van der Waals surface area (Å²) in [6.45, 7) is 2.42. The molecule has 1 aliphatic heterocycles. The smallest absolute Gasteiger partial charge is 0.243 e. The summed E-state index contributed by atoms with van der Waals surface area (Å²) in [5, 5.41) is 9.87. The minimum atomic E-state index is -3.60. The average molecular weight is 299 g/mol. The Morgan fingerprint density at radius 2 is 2.05 bits per heavy atom. The number of aryl methyl sites for hydroxylation is 1. The molecule has 0 spiro atoms. The molecule has 1 saturated heterocycles. The van der Waals surface area contributed by atoms with E-state index in [1.807, 2.05) is 0 Å². The maximum atomic E-state index is 13.1. The van der Waals surface area contributed by atoms with Crippen molar-refractivity contribution in [3.8, 4) is 0 Å². The Morgan fingerprint density at radius 1 is 1.30 bits per heavy atom. The van der Waals surface area contributed by atoms with E-state index >= 15 is 0 Å². The van der Waals surface area contributed by atoms with Crippen LogP contribution in [0.5, 0.6) is 0 Å². The van der Waals surface area contributed by atoms with Gasteiger partial charge in [-0.3, -0.25) is 0 Å². The topological polar surface area (TPSA) is 57.6 Å². The highest BCUT2D eigenvalue weighted by Gasteiger charge is 2.45. The molecule has 2 fully saturated rings. The molecule has 1 N–H and O–H groups in total. The summed E-state index contributed by atoms with van der Waals surface area (Å²) in [5.74, 6) is -0.138. The van der Waals surface area contributed by atoms with Crippen LogP contribution in [0.4, 0.5) is 4.39 Å². The lowest BCUT2D eigenvalue weighted by Crippen LogP contribution is -2.31. The fourth-order valence-corrected chi connectivity index (χ4v) is 5.17. The lowest BCUT2D eigenvalue weighted by atomic mass is 10.00. The van der Waals surface area contributed by atoms with Gasteiger partial charge in [0.15, 0.2) is 0 Å². The standard InChI is InChI=1S/C14H18FNO3S/c1-9-6-11(15)3-5-14(9)20(18,19)16-7-10-2-4-13(17)12(10)8-16/h3,5-6,10,12-13,17H,2,4,7-8H2,1H3. The number of aliphatic hydroxyl groups is 1. The van der Waals surface area contributed by atoms with Crippen LogP contribution in [-0.2, 0) is 10.0 Å². The molecule has 0 aromatic heterocycles. The van der Waals surface area contributed by atoms with Crippen molar-refractivity contribution in [2.45, 2.75) is 30.8 Å². The van der Waals surface area contributed by atoms with E-state index in [2.05, 4.69) is 0 Å². The molecule has 6 heteroatoms. The van der Waals surface area contributed by atoms with E-state index in [-0.39, 0.29) is 16.7 Å². The van der Waals surface area contributed by atoms with Crippen molar-refractivity contribution in [3.05, 3.63) is 29.6 Å². The Kier molecular flexibility index (Phi) is 3.35. The predicted octanol–water partition coefficient (Wildman–Crippen LogP) is 1.53. The molecule has 0 radical (unpaired) electrons. The molecule has 3 unspecified atom stereocenters. The second-order valence-corrected chi connectivity index (χ2v) is 7.71. The van der Waals surface area contributed by atoms with Gasteiger partial charge in [0.05, 0.1) is 11.0 Å². The Bertz CT molecular complexity index is 631. The van der Waals surface area contributed by atoms with E-state index in [0.717, 1.165) is 12.8 Å². The highest BCUT2D eigenvalue weighted by atomic mass is 32.2. The molecule has 0 bridgehead atoms. The third-order valence-corrected chi connectivity index (χ3v) is 6.53. The third-order valence-electron chi connectivity index (χ3n) is 4.54. The molecule has 1 heterocycles. The van der Waals surface area contributed by atoms with Crippen molar-refractivity contribution in [2.75, 3.05) is 13.1 Å². The van der Waals surface area contributed by atoms with E-state index in [4.69, 9.17) is 0 Å². The first-order valence-corrected chi connectivity index (χ1v) is 8.28. The van der Waals surface area contributed by atoms with E-state index in [1.165, 1.54) is 22.5 Å². The Hall–Kier alpha value is -0.980. The largest absolute Gasteiger partial charge is 0.393 e. The second-order valence-electron chi connectivity index (χ2n) is 5.80. The van der Waals surface area contributed by atoms with Crippen LogP contribution in [-0.4, -0.2) is 37.0 Å². The van der Waals surface area contributed by atoms with Gasteiger partial charge in [0, 0.05) is 19.0 Å². The van der Waals surface area contributed by atoms with Gasteiger partial charge in [0.2, 0.25) is 10.0 Å². The van der Waals surface area contributed by atoms with Crippen LogP contribution in [0.1, 0.15) is 18.4 Å². The molecule has 3 rings (SSSR count). The second kappa shape index (κ2) is 4.79. The van der Waals surface area contributed by atoms with Crippen LogP contribution in [0.2, 0.25) is 0 Å². The average Bonchev–Trinajstić information content (AvgIpc) is 2.92. The van der Waals surface area contributed by atoms with Gasteiger partial charge in [-0.15, -0.1) is 0 Å². The van der Waals surface area contributed by atoms with Crippen molar-refractivity contribution in [3.63, 3.8) is 0 Å². The zero-order valence-electron chi connectivity index (χ0n) is 11.3. The van der Waals surface area contributed by atoms with Crippen LogP contribution < -0.4 is 0 Å². The fraction of sp³-hybridized carbons (Fsp3) is 0.571. The molecule has 1 aliphatic carbocycles. The first-order chi connectivity index (χ1) is 9.39. The molecular formula is C14H18FNO3S. The first-order valence-electron chi connectivity index (χ1n) is 6.84. The van der Waals surface area contributed by atoms with Crippen LogP contribution in [0.3, 0.4) is 0 Å². The van der Waals surface area contributed by atoms with Crippen LogP contribution in [0.25, 0.3) is 0 Å². The fourth-order valence-electron chi connectivity index (χ4n) is 3.43. The van der Waals surface area contributed by atoms with Crippen LogP contribution in [0.15, 0.2) is 23.1 Å². The predicted molar refractivity (Wildman–Crippen MR) is 72.1 cm³/mol. The van der Waals surface area contributed by atoms with Crippen molar-refractivity contribution in [1.82, 2.24) is 4.31 Å². The molecule has 110 valence electrons. The highest BCUT2D eigenvalue weighted by molar-refractivity contribution is 7.89. The van der Waals surface area contributed by atoms with Crippen molar-refractivity contribution in [1.29, 1.82) is 0 Å². The maximum Gasteiger partial charge on any atom is 0.243 e. The molecule has 4 nitrogen and oxygen atoms in total. The number of sulfonamides is 1. The normalized spacial score (nSPS) is 30.6. The molecular weight excluding hydrogens is 281 g/mol. The molecule has 20 heavy (non-hydrogen) atoms. The lowest BCUT2D eigenvalue weighted by molar-refractivity contribution is 0.129. The summed E-state index contributed by atoms with van der Waals surface area (Å²) >= 11 is 0. The molecule has 2 aliphatic rings. The summed E-state index contributed by atoms with van der Waals surface area (Å²) in [4.78, 5) is 0.161. The van der Waals surface area contributed by atoms with Gasteiger partial charge in [-0.05, 0) is 49.4 Å². The maximum absolute atomic E-state index is 13.1. The van der Waals surface area contributed by atoms with Crippen molar-refractivity contribution in [2.24, 2.45) is 11.8 Å². The summed E-state index contributed by atoms with van der Waals surface area (Å²) in [6.07, 6.45) is 1.24. The van der Waals surface area contributed by atoms with Crippen LogP contribution in [0, 0.1) is 24.6 Å². The molecule has 1 saturated carbocycles. The zero-order valence-corrected chi connectivity index (χ0v) is 12.1. The molecule has 1 aromatic rings. The van der Waals surface area contributed by atoms with Crippen molar-refractivity contribution >= 4 is 10.0 Å². The van der Waals surface area contributed by atoms with Gasteiger partial charge >= 0.3 is 0 Å². The van der Waals surface area contributed by atoms with E-state index < -0.39 is 21.9 Å². The Morgan fingerprint density at radius 3 is 2.70 bits per heavy atom. The number of benzene rings is 1. The number of nitrogens with zero attached hydrogens (tertiary/aromatic N) is 1. The van der Waals surface area contributed by atoms with Gasteiger partial charge < -0.3 is 5.11 Å². The van der Waals surface area contributed by atoms with E-state index in [0.29, 0.717) is 18.7 Å². The first kappa shape index (κ1) is 14.0. The van der Waals surface area contributed by atoms with Gasteiger partial charge in [-0.2, -0.15) is 4.31 Å². The number of hydrogen-bond acceptors (Lipinski definition) is 3. The number of hydrogen-bond donors (Lipinski definition) is 1. The van der Waals surface area contributed by atoms with Crippen molar-refractivity contribution < 1.29 is 17.9 Å². The van der Waals surface area contributed by atoms with Gasteiger partial charge in [-0.1, -0.05) is 0 Å². The third kappa shape index (κ3) is 2.16. The monoisotopic (exact) mass is 299 g/mol. The lowest BCUT2D eigenvalue weighted by Gasteiger charge is -2.19. The number of aliphatic hydroxyl groups excluding tert-OH is 1. The summed E-state index contributed by atoms with van der Waals surface area (Å²) in [7, 11) is -3.60. The molecule has 0 amide bonds. The minimum absolute atomic E-state index is 0.0468. The van der Waals surface area contributed by atoms with Gasteiger partial charge in [0.25, 0.3) is 0 Å². The number of halogens is 1.